The van der Waals surface area contributed by atoms with Gasteiger partial charge in [0.2, 0.25) is 0 Å². The number of rotatable bonds is 8. The molecule has 0 saturated carbocycles. The van der Waals surface area contributed by atoms with E-state index in [4.69, 9.17) is 14.5 Å². The number of esters is 1. The molecule has 0 unspecified atom stereocenters. The molecule has 8 heteroatoms. The number of ether oxygens (including phenoxy) is 2. The van der Waals surface area contributed by atoms with Gasteiger partial charge in [0.1, 0.15) is 5.75 Å². The first-order chi connectivity index (χ1) is 19.8. The largest absolute Gasteiger partial charge is 0.497 e. The summed E-state index contributed by atoms with van der Waals surface area (Å²) in [5.74, 6) is 0.189. The molecular formula is C33H35N3O4S. The molecule has 1 aliphatic rings. The predicted molar refractivity (Wildman–Crippen MR) is 163 cm³/mol. The first-order valence-corrected chi connectivity index (χ1v) is 14.7. The van der Waals surface area contributed by atoms with E-state index in [2.05, 4.69) is 55.7 Å². The number of aromatic nitrogens is 2. The molecule has 5 rings (SSSR count). The van der Waals surface area contributed by atoms with Gasteiger partial charge in [-0.2, -0.15) is 0 Å². The number of hydrogen-bond acceptors (Lipinski definition) is 6. The molecule has 0 radical (unpaired) electrons. The number of carbonyl (C=O) groups excluding carboxylic acids is 1. The van der Waals surface area contributed by atoms with Crippen LogP contribution in [-0.2, 0) is 9.53 Å². The smallest absolute Gasteiger partial charge is 0.338 e. The third-order valence-electron chi connectivity index (χ3n) is 7.32. The van der Waals surface area contributed by atoms with E-state index in [1.54, 1.807) is 18.6 Å². The van der Waals surface area contributed by atoms with E-state index in [9.17, 15) is 9.59 Å². The zero-order chi connectivity index (χ0) is 29.3. The molecule has 0 N–H and O–H groups in total. The quantitative estimate of drug-likeness (QED) is 0.270. The summed E-state index contributed by atoms with van der Waals surface area (Å²) in [6, 6.07) is 17.3. The van der Waals surface area contributed by atoms with Crippen LogP contribution in [0.1, 0.15) is 60.8 Å². The van der Waals surface area contributed by atoms with Gasteiger partial charge in [-0.1, -0.05) is 48.9 Å². The summed E-state index contributed by atoms with van der Waals surface area (Å²) in [7, 11) is 1.60. The first kappa shape index (κ1) is 28.4. The minimum atomic E-state index is -0.677. The topological polar surface area (TPSA) is 74.8 Å². The number of aryl methyl sites for hydroxylation is 2. The monoisotopic (exact) mass is 569 g/mol. The Morgan fingerprint density at radius 2 is 1.85 bits per heavy atom. The maximum atomic E-state index is 14.1. The van der Waals surface area contributed by atoms with Gasteiger partial charge in [-0.3, -0.25) is 9.36 Å². The van der Waals surface area contributed by atoms with Crippen molar-refractivity contribution in [2.75, 3.05) is 13.7 Å². The average molecular weight is 570 g/mol. The molecule has 212 valence electrons. The lowest BCUT2D eigenvalue weighted by molar-refractivity contribution is -0.139. The molecular weight excluding hydrogens is 534 g/mol. The average Bonchev–Trinajstić information content (AvgIpc) is 3.41. The lowest BCUT2D eigenvalue weighted by atomic mass is 9.94. The Kier molecular flexibility index (Phi) is 8.13. The van der Waals surface area contributed by atoms with Crippen LogP contribution in [0.3, 0.4) is 0 Å². The van der Waals surface area contributed by atoms with Crippen molar-refractivity contribution in [3.63, 3.8) is 0 Å². The third kappa shape index (κ3) is 5.32. The normalized spacial score (nSPS) is 15.1. The van der Waals surface area contributed by atoms with Crippen LogP contribution in [0, 0.1) is 20.8 Å². The van der Waals surface area contributed by atoms with Crippen molar-refractivity contribution >= 4 is 23.4 Å². The van der Waals surface area contributed by atoms with Crippen LogP contribution in [0.4, 0.5) is 0 Å². The molecule has 2 aromatic carbocycles. The second kappa shape index (κ2) is 11.7. The van der Waals surface area contributed by atoms with Crippen LogP contribution in [0.5, 0.6) is 5.75 Å². The zero-order valence-corrected chi connectivity index (χ0v) is 25.2. The van der Waals surface area contributed by atoms with Crippen molar-refractivity contribution in [3.8, 4) is 11.4 Å². The van der Waals surface area contributed by atoms with Crippen LogP contribution < -0.4 is 19.6 Å². The SMILES string of the molecule is CCCC1=C(C(=O)OCC)[C@@H](c2cccc(OC)c2)n2c(s/c(=C/c3cc(C)n(-c4cccc(C)c4)c3C)c2=O)=N1. The summed E-state index contributed by atoms with van der Waals surface area (Å²) in [6.45, 7) is 10.3. The second-order valence-electron chi connectivity index (χ2n) is 10.2. The Labute approximate surface area is 243 Å². The molecule has 0 saturated heterocycles. The second-order valence-corrected chi connectivity index (χ2v) is 11.2. The Balaban J connectivity index is 1.73. The Bertz CT molecular complexity index is 1840. The van der Waals surface area contributed by atoms with Gasteiger partial charge in [-0.15, -0.1) is 0 Å². The molecule has 0 bridgehead atoms. The minimum Gasteiger partial charge on any atom is -0.497 e. The van der Waals surface area contributed by atoms with Crippen molar-refractivity contribution in [3.05, 3.63) is 114 Å². The summed E-state index contributed by atoms with van der Waals surface area (Å²) in [5.41, 5.74) is 6.98. The van der Waals surface area contributed by atoms with Crippen LogP contribution in [-0.4, -0.2) is 28.8 Å². The maximum Gasteiger partial charge on any atom is 0.338 e. The molecule has 1 aliphatic heterocycles. The van der Waals surface area contributed by atoms with Gasteiger partial charge in [0.15, 0.2) is 4.80 Å². The predicted octanol–water partition coefficient (Wildman–Crippen LogP) is 5.30. The molecule has 0 aliphatic carbocycles. The van der Waals surface area contributed by atoms with Gasteiger partial charge < -0.3 is 14.0 Å². The lowest BCUT2D eigenvalue weighted by Crippen LogP contribution is -2.40. The number of benzene rings is 2. The third-order valence-corrected chi connectivity index (χ3v) is 8.30. The van der Waals surface area contributed by atoms with Crippen molar-refractivity contribution in [1.82, 2.24) is 9.13 Å². The fraction of sp³-hybridized carbons (Fsp3) is 0.303. The number of carbonyl (C=O) groups is 1. The van der Waals surface area contributed by atoms with Crippen molar-refractivity contribution < 1.29 is 14.3 Å². The first-order valence-electron chi connectivity index (χ1n) is 13.9. The molecule has 3 heterocycles. The van der Waals surface area contributed by atoms with Crippen LogP contribution >= 0.6 is 11.3 Å². The standard InChI is InChI=1S/C33H35N3O4S/c1-7-11-27-29(32(38)40-8-2)30(23-13-10-15-26(18-23)39-6)36-31(37)28(41-33(36)34-27)19-24-17-21(4)35(22(24)5)25-14-9-12-20(3)16-25/h9-10,12-19,30H,7-8,11H2,1-6H3/b28-19+/t30-/m1/s1. The Hall–Kier alpha value is -4.17. The van der Waals surface area contributed by atoms with Gasteiger partial charge in [0, 0.05) is 17.1 Å². The highest BCUT2D eigenvalue weighted by molar-refractivity contribution is 7.07. The van der Waals surface area contributed by atoms with Crippen LogP contribution in [0.25, 0.3) is 11.8 Å². The van der Waals surface area contributed by atoms with E-state index in [0.717, 1.165) is 34.6 Å². The van der Waals surface area contributed by atoms with Crippen molar-refractivity contribution in [2.45, 2.75) is 53.5 Å². The highest BCUT2D eigenvalue weighted by Crippen LogP contribution is 2.34. The maximum absolute atomic E-state index is 14.1. The number of fused-ring (bicyclic) bond motifs is 1. The number of methoxy groups -OCH3 is 1. The van der Waals surface area contributed by atoms with E-state index in [0.29, 0.717) is 32.8 Å². The number of allylic oxidation sites excluding steroid dienone is 1. The molecule has 4 aromatic rings. The van der Waals surface area contributed by atoms with E-state index in [1.165, 1.54) is 16.9 Å². The Morgan fingerprint density at radius 3 is 2.56 bits per heavy atom. The fourth-order valence-corrected chi connectivity index (χ4v) is 6.50. The molecule has 0 amide bonds. The van der Waals surface area contributed by atoms with E-state index in [-0.39, 0.29) is 12.2 Å². The summed E-state index contributed by atoms with van der Waals surface area (Å²) in [6.07, 6.45) is 3.33. The van der Waals surface area contributed by atoms with Crippen LogP contribution in [0.2, 0.25) is 0 Å². The van der Waals surface area contributed by atoms with Gasteiger partial charge in [-0.05, 0) is 87.2 Å². The number of hydrogen-bond donors (Lipinski definition) is 0. The van der Waals surface area contributed by atoms with Crippen LogP contribution in [0.15, 0.2) is 75.7 Å². The minimum absolute atomic E-state index is 0.195. The molecule has 0 fully saturated rings. The van der Waals surface area contributed by atoms with Gasteiger partial charge >= 0.3 is 5.97 Å². The molecule has 41 heavy (non-hydrogen) atoms. The molecule has 0 spiro atoms. The number of thiazole rings is 1. The van der Waals surface area contributed by atoms with E-state index in [1.807, 2.05) is 37.3 Å². The van der Waals surface area contributed by atoms with E-state index < -0.39 is 12.0 Å². The van der Waals surface area contributed by atoms with Gasteiger partial charge in [0.05, 0.1) is 35.6 Å². The summed E-state index contributed by atoms with van der Waals surface area (Å²) in [5, 5.41) is 0. The fourth-order valence-electron chi connectivity index (χ4n) is 5.49. The summed E-state index contributed by atoms with van der Waals surface area (Å²) < 4.78 is 15.4. The lowest BCUT2D eigenvalue weighted by Gasteiger charge is -2.26. The Morgan fingerprint density at radius 1 is 1.07 bits per heavy atom. The zero-order valence-electron chi connectivity index (χ0n) is 24.4. The molecule has 2 aromatic heterocycles. The van der Waals surface area contributed by atoms with Crippen molar-refractivity contribution in [2.24, 2.45) is 4.99 Å². The van der Waals surface area contributed by atoms with Gasteiger partial charge in [-0.25, -0.2) is 9.79 Å². The highest BCUT2D eigenvalue weighted by Gasteiger charge is 2.34. The highest BCUT2D eigenvalue weighted by atomic mass is 32.1. The van der Waals surface area contributed by atoms with Gasteiger partial charge in [0.25, 0.3) is 5.56 Å². The summed E-state index contributed by atoms with van der Waals surface area (Å²) >= 11 is 1.35. The number of nitrogens with zero attached hydrogens (tertiary/aromatic N) is 3. The summed E-state index contributed by atoms with van der Waals surface area (Å²) in [4.78, 5) is 33.0. The molecule has 7 nitrogen and oxygen atoms in total. The van der Waals surface area contributed by atoms with Crippen molar-refractivity contribution in [1.29, 1.82) is 0 Å². The van der Waals surface area contributed by atoms with E-state index >= 15 is 0 Å². The molecule has 1 atom stereocenters.